The Labute approximate surface area is 144 Å². The second-order valence-electron chi connectivity index (χ2n) is 5.47. The summed E-state index contributed by atoms with van der Waals surface area (Å²) in [4.78, 5) is 11.5. The highest BCUT2D eigenvalue weighted by Crippen LogP contribution is 2.44. The summed E-state index contributed by atoms with van der Waals surface area (Å²) in [6.45, 7) is 2.28. The Morgan fingerprint density at radius 1 is 1.26 bits per heavy atom. The summed E-state index contributed by atoms with van der Waals surface area (Å²) in [5.74, 6) is 0.459. The van der Waals surface area contributed by atoms with Crippen molar-refractivity contribution < 1.29 is 14.3 Å². The van der Waals surface area contributed by atoms with Gasteiger partial charge in [0.15, 0.2) is 0 Å². The lowest BCUT2D eigenvalue weighted by Crippen LogP contribution is -2.25. The maximum Gasteiger partial charge on any atom is 0.338 e. The van der Waals surface area contributed by atoms with Crippen molar-refractivity contribution in [3.63, 3.8) is 0 Å². The first-order chi connectivity index (χ1) is 11.1. The minimum Gasteiger partial charge on any atom is -0.459 e. The first-order valence-corrected chi connectivity index (χ1v) is 8.73. The summed E-state index contributed by atoms with van der Waals surface area (Å²) >= 11 is 7.63. The average molecular weight is 349 g/mol. The summed E-state index contributed by atoms with van der Waals surface area (Å²) in [6, 6.07) is 16.6. The average Bonchev–Trinajstić information content (AvgIpc) is 2.96. The fourth-order valence-corrected chi connectivity index (χ4v) is 3.75. The lowest BCUT2D eigenvalue weighted by molar-refractivity contribution is -0.0349. The van der Waals surface area contributed by atoms with Crippen molar-refractivity contribution in [1.82, 2.24) is 0 Å². The maximum absolute atomic E-state index is 12.0. The molecule has 0 aromatic heterocycles. The fraction of sp³-hybridized carbons (Fsp3) is 0.278. The summed E-state index contributed by atoms with van der Waals surface area (Å²) in [5, 5.41) is 0.702. The monoisotopic (exact) mass is 348 g/mol. The molecule has 0 aliphatic carbocycles. The van der Waals surface area contributed by atoms with Crippen LogP contribution in [0, 0.1) is 0 Å². The molecule has 0 amide bonds. The van der Waals surface area contributed by atoms with Gasteiger partial charge in [0.05, 0.1) is 5.56 Å². The molecule has 1 fully saturated rings. The zero-order valence-electron chi connectivity index (χ0n) is 12.7. The highest BCUT2D eigenvalue weighted by Gasteiger charge is 2.38. The summed E-state index contributed by atoms with van der Waals surface area (Å²) < 4.78 is 11.5. The molecule has 2 atom stereocenters. The third-order valence-electron chi connectivity index (χ3n) is 3.71. The maximum atomic E-state index is 12.0. The van der Waals surface area contributed by atoms with Crippen molar-refractivity contribution in [2.24, 2.45) is 0 Å². The third kappa shape index (κ3) is 3.89. The molecule has 0 bridgehead atoms. The number of esters is 1. The minimum absolute atomic E-state index is 0.117. The van der Waals surface area contributed by atoms with Gasteiger partial charge >= 0.3 is 5.97 Å². The molecule has 3 rings (SSSR count). The van der Waals surface area contributed by atoms with Crippen molar-refractivity contribution in [2.75, 3.05) is 12.4 Å². The lowest BCUT2D eigenvalue weighted by Gasteiger charge is -2.24. The Morgan fingerprint density at radius 3 is 2.65 bits per heavy atom. The van der Waals surface area contributed by atoms with Crippen LogP contribution in [0.1, 0.15) is 22.8 Å². The van der Waals surface area contributed by atoms with Gasteiger partial charge in [-0.2, -0.15) is 0 Å². The van der Waals surface area contributed by atoms with E-state index in [-0.39, 0.29) is 18.7 Å². The molecule has 3 nitrogen and oxygen atoms in total. The van der Waals surface area contributed by atoms with E-state index in [1.54, 1.807) is 23.9 Å². The van der Waals surface area contributed by atoms with Gasteiger partial charge in [0.25, 0.3) is 0 Å². The SMILES string of the molecule is CC1(c2ccc(Cl)cc2)O[C@@H](COC(=O)c2ccccc2)CS1. The van der Waals surface area contributed by atoms with Gasteiger partial charge in [0, 0.05) is 10.8 Å². The number of halogens is 1. The van der Waals surface area contributed by atoms with Crippen LogP contribution in [0.5, 0.6) is 0 Å². The van der Waals surface area contributed by atoms with E-state index in [1.807, 2.05) is 49.4 Å². The summed E-state index contributed by atoms with van der Waals surface area (Å²) in [7, 11) is 0. The predicted octanol–water partition coefficient (Wildman–Crippen LogP) is 4.50. The largest absolute Gasteiger partial charge is 0.459 e. The van der Waals surface area contributed by atoms with E-state index in [4.69, 9.17) is 21.1 Å². The number of hydrogen-bond donors (Lipinski definition) is 0. The summed E-state index contributed by atoms with van der Waals surface area (Å²) in [5.41, 5.74) is 1.61. The van der Waals surface area contributed by atoms with E-state index >= 15 is 0 Å². The Balaban J connectivity index is 1.57. The Morgan fingerprint density at radius 2 is 1.96 bits per heavy atom. The van der Waals surface area contributed by atoms with Crippen molar-refractivity contribution in [2.45, 2.75) is 18.0 Å². The molecule has 1 unspecified atom stereocenters. The number of thioether (sulfide) groups is 1. The molecule has 0 spiro atoms. The van der Waals surface area contributed by atoms with Crippen LogP contribution in [0.2, 0.25) is 5.02 Å². The lowest BCUT2D eigenvalue weighted by atomic mass is 10.1. The highest BCUT2D eigenvalue weighted by atomic mass is 35.5. The number of hydrogen-bond acceptors (Lipinski definition) is 4. The van der Waals surface area contributed by atoms with E-state index in [2.05, 4.69) is 0 Å². The summed E-state index contributed by atoms with van der Waals surface area (Å²) in [6.07, 6.45) is -0.117. The number of rotatable bonds is 4. The van der Waals surface area contributed by atoms with E-state index in [1.165, 1.54) is 0 Å². The molecular weight excluding hydrogens is 332 g/mol. The van der Waals surface area contributed by atoms with Crippen LogP contribution in [-0.4, -0.2) is 24.4 Å². The normalized spacial score (nSPS) is 23.7. The molecule has 0 N–H and O–H groups in total. The standard InChI is InChI=1S/C18H17ClO3S/c1-18(14-7-9-15(19)10-8-14)22-16(12-23-18)11-21-17(20)13-5-3-2-4-6-13/h2-10,16H,11-12H2,1H3/t16-,18?/m0/s1. The zero-order chi connectivity index (χ0) is 16.3. The fourth-order valence-electron chi connectivity index (χ4n) is 2.45. The number of carbonyl (C=O) groups is 1. The van der Waals surface area contributed by atoms with Crippen molar-refractivity contribution in [3.8, 4) is 0 Å². The van der Waals surface area contributed by atoms with E-state index in [0.717, 1.165) is 11.3 Å². The quantitative estimate of drug-likeness (QED) is 0.762. The van der Waals surface area contributed by atoms with E-state index < -0.39 is 4.93 Å². The second-order valence-corrected chi connectivity index (χ2v) is 7.31. The first-order valence-electron chi connectivity index (χ1n) is 7.37. The smallest absolute Gasteiger partial charge is 0.338 e. The molecule has 2 aromatic rings. The molecule has 23 heavy (non-hydrogen) atoms. The Bertz CT molecular complexity index is 674. The minimum atomic E-state index is -0.436. The molecule has 1 aliphatic heterocycles. The first kappa shape index (κ1) is 16.4. The molecule has 120 valence electrons. The van der Waals surface area contributed by atoms with E-state index in [0.29, 0.717) is 10.6 Å². The Kier molecular flexibility index (Phi) is 4.95. The van der Waals surface area contributed by atoms with Gasteiger partial charge in [-0.1, -0.05) is 41.9 Å². The van der Waals surface area contributed by atoms with Gasteiger partial charge in [0.1, 0.15) is 17.6 Å². The van der Waals surface area contributed by atoms with Gasteiger partial charge < -0.3 is 9.47 Å². The van der Waals surface area contributed by atoms with Crippen LogP contribution in [-0.2, 0) is 14.4 Å². The predicted molar refractivity (Wildman–Crippen MR) is 92.9 cm³/mol. The zero-order valence-corrected chi connectivity index (χ0v) is 14.3. The second kappa shape index (κ2) is 6.95. The van der Waals surface area contributed by atoms with E-state index in [9.17, 15) is 4.79 Å². The third-order valence-corrected chi connectivity index (χ3v) is 5.39. The van der Waals surface area contributed by atoms with Crippen LogP contribution in [0.4, 0.5) is 0 Å². The van der Waals surface area contributed by atoms with Gasteiger partial charge in [-0.05, 0) is 36.8 Å². The molecule has 5 heteroatoms. The number of ether oxygens (including phenoxy) is 2. The van der Waals surface area contributed by atoms with Crippen molar-refractivity contribution in [3.05, 3.63) is 70.7 Å². The topological polar surface area (TPSA) is 35.5 Å². The molecule has 0 saturated carbocycles. The molecular formula is C18H17ClO3S. The Hall–Kier alpha value is -1.49. The van der Waals surface area contributed by atoms with Crippen LogP contribution in [0.15, 0.2) is 54.6 Å². The number of carbonyl (C=O) groups excluding carboxylic acids is 1. The van der Waals surface area contributed by atoms with Crippen molar-refractivity contribution in [1.29, 1.82) is 0 Å². The molecule has 1 saturated heterocycles. The molecule has 1 aliphatic rings. The molecule has 2 aromatic carbocycles. The van der Waals surface area contributed by atoms with Gasteiger partial charge in [0.2, 0.25) is 0 Å². The molecule has 1 heterocycles. The van der Waals surface area contributed by atoms with Gasteiger partial charge in [-0.25, -0.2) is 4.79 Å². The number of benzene rings is 2. The van der Waals surface area contributed by atoms with Gasteiger partial charge in [-0.3, -0.25) is 0 Å². The van der Waals surface area contributed by atoms with Crippen LogP contribution in [0.3, 0.4) is 0 Å². The van der Waals surface area contributed by atoms with Gasteiger partial charge in [-0.15, -0.1) is 11.8 Å². The van der Waals surface area contributed by atoms with Crippen LogP contribution < -0.4 is 0 Å². The van der Waals surface area contributed by atoms with Crippen molar-refractivity contribution >= 4 is 29.3 Å². The molecule has 0 radical (unpaired) electrons. The highest BCUT2D eigenvalue weighted by molar-refractivity contribution is 8.00. The van der Waals surface area contributed by atoms with Crippen LogP contribution in [0.25, 0.3) is 0 Å². The van der Waals surface area contributed by atoms with Crippen LogP contribution >= 0.6 is 23.4 Å².